The van der Waals surface area contributed by atoms with Crippen LogP contribution in [0.4, 0.5) is 11.4 Å². The van der Waals surface area contributed by atoms with Crippen LogP contribution in [0.5, 0.6) is 0 Å². The Balaban J connectivity index is 2.42. The van der Waals surface area contributed by atoms with Crippen molar-refractivity contribution in [3.63, 3.8) is 0 Å². The molecule has 0 bridgehead atoms. The molecule has 0 spiro atoms. The number of aryl methyl sites for hydroxylation is 1. The van der Waals surface area contributed by atoms with Crippen LogP contribution in [0.2, 0.25) is 0 Å². The van der Waals surface area contributed by atoms with E-state index < -0.39 is 11.9 Å². The molecule has 1 saturated heterocycles. The van der Waals surface area contributed by atoms with Crippen molar-refractivity contribution >= 4 is 29.6 Å². The fourth-order valence-corrected chi connectivity index (χ4v) is 3.02. The van der Waals surface area contributed by atoms with Gasteiger partial charge < -0.3 is 14.9 Å². The molecule has 1 atom stereocenters. The Morgan fingerprint density at radius 1 is 1.33 bits per heavy atom. The maximum atomic E-state index is 12.1. The summed E-state index contributed by atoms with van der Waals surface area (Å²) in [7, 11) is 3.74. The van der Waals surface area contributed by atoms with E-state index in [0.29, 0.717) is 31.4 Å². The Morgan fingerprint density at radius 3 is 2.67 bits per heavy atom. The van der Waals surface area contributed by atoms with Gasteiger partial charge in [-0.15, -0.1) is 0 Å². The summed E-state index contributed by atoms with van der Waals surface area (Å²) >= 11 is 0. The van der Waals surface area contributed by atoms with Crippen LogP contribution in [-0.2, 0) is 20.8 Å². The smallest absolute Gasteiger partial charge is 0.249 e. The van der Waals surface area contributed by atoms with Gasteiger partial charge in [0.25, 0.3) is 0 Å². The normalized spacial score (nSPS) is 17.4. The summed E-state index contributed by atoms with van der Waals surface area (Å²) < 4.78 is 0. The first kappa shape index (κ1) is 17.9. The molecule has 0 aromatic heterocycles. The van der Waals surface area contributed by atoms with Crippen molar-refractivity contribution in [1.82, 2.24) is 5.32 Å². The topological polar surface area (TPSA) is 89.9 Å². The van der Waals surface area contributed by atoms with Gasteiger partial charge in [0.15, 0.2) is 0 Å². The van der Waals surface area contributed by atoms with E-state index in [9.17, 15) is 14.4 Å². The third kappa shape index (κ3) is 3.73. The van der Waals surface area contributed by atoms with Gasteiger partial charge in [0.2, 0.25) is 18.2 Å². The lowest BCUT2D eigenvalue weighted by atomic mass is 10.0. The van der Waals surface area contributed by atoms with Crippen LogP contribution in [0.25, 0.3) is 0 Å². The predicted molar refractivity (Wildman–Crippen MR) is 90.9 cm³/mol. The van der Waals surface area contributed by atoms with Crippen molar-refractivity contribution in [2.24, 2.45) is 0 Å². The zero-order valence-electron chi connectivity index (χ0n) is 14.0. The minimum atomic E-state index is -0.702. The number of para-hydroxylation sites is 1. The highest BCUT2D eigenvalue weighted by Gasteiger charge is 2.33. The van der Waals surface area contributed by atoms with Crippen molar-refractivity contribution < 1.29 is 19.5 Å². The summed E-state index contributed by atoms with van der Waals surface area (Å²) in [6.07, 6.45) is 2.43. The van der Waals surface area contributed by atoms with Crippen molar-refractivity contribution in [1.29, 1.82) is 0 Å². The number of imide groups is 1. The van der Waals surface area contributed by atoms with E-state index in [2.05, 4.69) is 5.32 Å². The van der Waals surface area contributed by atoms with Crippen LogP contribution < -0.4 is 15.1 Å². The van der Waals surface area contributed by atoms with Crippen LogP contribution in [0.1, 0.15) is 24.8 Å². The fraction of sp³-hybridized carbons (Fsp3) is 0.471. The van der Waals surface area contributed by atoms with Gasteiger partial charge in [-0.2, -0.15) is 0 Å². The van der Waals surface area contributed by atoms with Crippen LogP contribution in [0.3, 0.4) is 0 Å². The van der Waals surface area contributed by atoms with Crippen molar-refractivity contribution in [3.05, 3.63) is 23.8 Å². The number of aliphatic hydroxyl groups excluding tert-OH is 1. The van der Waals surface area contributed by atoms with Gasteiger partial charge >= 0.3 is 0 Å². The van der Waals surface area contributed by atoms with Gasteiger partial charge in [0.1, 0.15) is 6.04 Å². The molecule has 0 aliphatic carbocycles. The molecule has 1 aliphatic heterocycles. The average molecular weight is 333 g/mol. The van der Waals surface area contributed by atoms with Crippen LogP contribution in [-0.4, -0.2) is 50.1 Å². The van der Waals surface area contributed by atoms with E-state index >= 15 is 0 Å². The highest BCUT2D eigenvalue weighted by molar-refractivity contribution is 6.04. The number of carbonyl (C=O) groups is 3. The van der Waals surface area contributed by atoms with E-state index in [1.165, 1.54) is 4.90 Å². The lowest BCUT2D eigenvalue weighted by Gasteiger charge is -2.33. The molecule has 1 unspecified atom stereocenters. The lowest BCUT2D eigenvalue weighted by molar-refractivity contribution is -0.134. The first-order valence-electron chi connectivity index (χ1n) is 7.97. The fourth-order valence-electron chi connectivity index (χ4n) is 3.02. The van der Waals surface area contributed by atoms with Crippen LogP contribution in [0, 0.1) is 0 Å². The number of carbonyl (C=O) groups excluding carboxylic acids is 3. The number of aliphatic hydroxyl groups is 1. The van der Waals surface area contributed by atoms with Crippen LogP contribution in [0.15, 0.2) is 18.2 Å². The van der Waals surface area contributed by atoms with E-state index in [4.69, 9.17) is 5.11 Å². The standard InChI is InChI=1S/C17H23N3O4/c1-19(2)16-12(6-4-10-21)5-3-7-13(16)20(11-22)14-8-9-15(23)18-17(14)24/h3,5,7,11,14,21H,4,6,8-10H2,1-2H3,(H,18,23,24). The van der Waals surface area contributed by atoms with Gasteiger partial charge in [0, 0.05) is 27.1 Å². The SMILES string of the molecule is CN(C)c1c(CCCO)cccc1N(C=O)C1CCC(=O)NC1=O. The minimum Gasteiger partial charge on any atom is -0.396 e. The van der Waals surface area contributed by atoms with Gasteiger partial charge in [-0.05, 0) is 30.9 Å². The maximum Gasteiger partial charge on any atom is 0.249 e. The summed E-state index contributed by atoms with van der Waals surface area (Å²) in [5.41, 5.74) is 2.45. The number of hydrogen-bond donors (Lipinski definition) is 2. The molecule has 24 heavy (non-hydrogen) atoms. The minimum absolute atomic E-state index is 0.0850. The van der Waals surface area contributed by atoms with E-state index in [0.717, 1.165) is 11.3 Å². The van der Waals surface area contributed by atoms with Crippen molar-refractivity contribution in [2.45, 2.75) is 31.7 Å². The third-order valence-corrected chi connectivity index (χ3v) is 4.09. The Hall–Kier alpha value is -2.41. The number of anilines is 2. The summed E-state index contributed by atoms with van der Waals surface area (Å²) in [5, 5.41) is 11.4. The number of piperidine rings is 1. The largest absolute Gasteiger partial charge is 0.396 e. The van der Waals surface area contributed by atoms with E-state index in [1.54, 1.807) is 6.07 Å². The lowest BCUT2D eigenvalue weighted by Crippen LogP contribution is -2.52. The van der Waals surface area contributed by atoms with Crippen molar-refractivity contribution in [3.8, 4) is 0 Å². The molecular weight excluding hydrogens is 310 g/mol. The van der Waals surface area contributed by atoms with Gasteiger partial charge in [-0.25, -0.2) is 0 Å². The third-order valence-electron chi connectivity index (χ3n) is 4.09. The highest BCUT2D eigenvalue weighted by Crippen LogP contribution is 2.34. The quantitative estimate of drug-likeness (QED) is 0.558. The molecule has 0 radical (unpaired) electrons. The summed E-state index contributed by atoms with van der Waals surface area (Å²) in [6.45, 7) is 0.0850. The second kappa shape index (κ2) is 7.92. The zero-order valence-corrected chi connectivity index (χ0v) is 14.0. The number of benzene rings is 1. The molecule has 0 saturated carbocycles. The van der Waals surface area contributed by atoms with Gasteiger partial charge in [0.05, 0.1) is 11.4 Å². The maximum absolute atomic E-state index is 12.1. The monoisotopic (exact) mass is 333 g/mol. The summed E-state index contributed by atoms with van der Waals surface area (Å²) in [5.74, 6) is -0.768. The Labute approximate surface area is 141 Å². The second-order valence-corrected chi connectivity index (χ2v) is 5.99. The van der Waals surface area contributed by atoms with Crippen LogP contribution >= 0.6 is 0 Å². The molecule has 7 heteroatoms. The second-order valence-electron chi connectivity index (χ2n) is 5.99. The molecule has 1 fully saturated rings. The Bertz CT molecular complexity index is 630. The first-order valence-corrected chi connectivity index (χ1v) is 7.97. The molecule has 2 N–H and O–H groups in total. The number of amides is 3. The molecular formula is C17H23N3O4. The number of nitrogens with zero attached hydrogens (tertiary/aromatic N) is 2. The van der Waals surface area contributed by atoms with Crippen molar-refractivity contribution in [2.75, 3.05) is 30.5 Å². The van der Waals surface area contributed by atoms with E-state index in [-0.39, 0.29) is 18.9 Å². The number of nitrogens with one attached hydrogen (secondary N) is 1. The molecule has 2 rings (SSSR count). The number of rotatable bonds is 7. The highest BCUT2D eigenvalue weighted by atomic mass is 16.3. The first-order chi connectivity index (χ1) is 11.5. The average Bonchev–Trinajstić information content (AvgIpc) is 2.55. The van der Waals surface area contributed by atoms with Gasteiger partial charge in [-0.3, -0.25) is 19.7 Å². The molecule has 1 heterocycles. The predicted octanol–water partition coefficient (Wildman–Crippen LogP) is 0.445. The molecule has 1 aromatic carbocycles. The van der Waals surface area contributed by atoms with Gasteiger partial charge in [-0.1, -0.05) is 12.1 Å². The molecule has 1 aliphatic rings. The summed E-state index contributed by atoms with van der Waals surface area (Å²) in [4.78, 5) is 38.5. The Kier molecular flexibility index (Phi) is 5.92. The van der Waals surface area contributed by atoms with E-state index in [1.807, 2.05) is 31.1 Å². The molecule has 130 valence electrons. The Morgan fingerprint density at radius 2 is 2.08 bits per heavy atom. The molecule has 1 aromatic rings. The summed E-state index contributed by atoms with van der Waals surface area (Å²) in [6, 6.07) is 4.86. The zero-order chi connectivity index (χ0) is 17.7. The number of hydrogen-bond acceptors (Lipinski definition) is 5. The molecule has 7 nitrogen and oxygen atoms in total. The molecule has 3 amide bonds.